The SMILES string of the molecule is CCCC1CNC2(CCCC2)CN1Cc1csc(C)n1. The molecule has 4 heteroatoms. The van der Waals surface area contributed by atoms with Gasteiger partial charge in [0, 0.05) is 36.6 Å². The topological polar surface area (TPSA) is 28.2 Å². The number of nitrogens with zero attached hydrogens (tertiary/aromatic N) is 2. The second kappa shape index (κ2) is 6.12. The Morgan fingerprint density at radius 1 is 1.45 bits per heavy atom. The number of nitrogens with one attached hydrogen (secondary N) is 1. The fourth-order valence-corrected chi connectivity index (χ4v) is 4.52. The summed E-state index contributed by atoms with van der Waals surface area (Å²) in [5.41, 5.74) is 1.68. The van der Waals surface area contributed by atoms with Crippen LogP contribution in [0.15, 0.2) is 5.38 Å². The van der Waals surface area contributed by atoms with Crippen molar-refractivity contribution in [2.24, 2.45) is 0 Å². The Kier molecular flexibility index (Phi) is 4.43. The molecule has 1 saturated heterocycles. The smallest absolute Gasteiger partial charge is 0.0897 e. The lowest BCUT2D eigenvalue weighted by Gasteiger charge is -2.46. The number of thiazole rings is 1. The van der Waals surface area contributed by atoms with E-state index in [1.807, 2.05) is 0 Å². The highest BCUT2D eigenvalue weighted by Crippen LogP contribution is 2.34. The molecule has 1 aromatic heterocycles. The molecular formula is C16H27N3S. The van der Waals surface area contributed by atoms with Crippen molar-refractivity contribution >= 4 is 11.3 Å². The van der Waals surface area contributed by atoms with E-state index >= 15 is 0 Å². The summed E-state index contributed by atoms with van der Waals surface area (Å²) in [7, 11) is 0. The van der Waals surface area contributed by atoms with Crippen LogP contribution in [-0.2, 0) is 6.54 Å². The minimum absolute atomic E-state index is 0.412. The normalized spacial score (nSPS) is 26.4. The molecule has 1 unspecified atom stereocenters. The van der Waals surface area contributed by atoms with Crippen LogP contribution < -0.4 is 5.32 Å². The van der Waals surface area contributed by atoms with Gasteiger partial charge >= 0.3 is 0 Å². The summed E-state index contributed by atoms with van der Waals surface area (Å²) in [6.45, 7) is 7.82. The Balaban J connectivity index is 1.71. The average Bonchev–Trinajstić information content (AvgIpc) is 3.04. The first-order valence-corrected chi connectivity index (χ1v) is 8.99. The predicted molar refractivity (Wildman–Crippen MR) is 85.2 cm³/mol. The molecule has 3 rings (SSSR count). The van der Waals surface area contributed by atoms with E-state index in [2.05, 4.69) is 34.4 Å². The summed E-state index contributed by atoms with van der Waals surface area (Å²) in [6.07, 6.45) is 8.08. The maximum atomic E-state index is 4.67. The molecule has 0 aromatic carbocycles. The summed E-state index contributed by atoms with van der Waals surface area (Å²) >= 11 is 1.78. The molecule has 3 nitrogen and oxygen atoms in total. The molecule has 0 bridgehead atoms. The van der Waals surface area contributed by atoms with Gasteiger partial charge in [-0.3, -0.25) is 4.90 Å². The van der Waals surface area contributed by atoms with Crippen molar-refractivity contribution in [2.45, 2.75) is 70.5 Å². The zero-order chi connectivity index (χ0) is 14.0. The summed E-state index contributed by atoms with van der Waals surface area (Å²) in [5, 5.41) is 7.32. The lowest BCUT2D eigenvalue weighted by molar-refractivity contribution is 0.0680. The van der Waals surface area contributed by atoms with E-state index in [1.165, 1.54) is 55.8 Å². The van der Waals surface area contributed by atoms with Crippen LogP contribution in [0.3, 0.4) is 0 Å². The van der Waals surface area contributed by atoms with Crippen LogP contribution in [-0.4, -0.2) is 34.6 Å². The molecule has 1 spiro atoms. The lowest BCUT2D eigenvalue weighted by Crippen LogP contribution is -2.62. The maximum absolute atomic E-state index is 4.67. The van der Waals surface area contributed by atoms with Crippen molar-refractivity contribution in [3.63, 3.8) is 0 Å². The first-order chi connectivity index (χ1) is 9.71. The Morgan fingerprint density at radius 2 is 2.25 bits per heavy atom. The highest BCUT2D eigenvalue weighted by atomic mass is 32.1. The Labute approximate surface area is 126 Å². The van der Waals surface area contributed by atoms with Gasteiger partial charge in [0.25, 0.3) is 0 Å². The second-order valence-electron chi connectivity index (χ2n) is 6.57. The molecule has 2 aliphatic rings. The molecular weight excluding hydrogens is 266 g/mol. The molecule has 1 atom stereocenters. The molecule has 1 aliphatic heterocycles. The van der Waals surface area contributed by atoms with Crippen molar-refractivity contribution in [1.29, 1.82) is 0 Å². The van der Waals surface area contributed by atoms with Crippen LogP contribution in [0.4, 0.5) is 0 Å². The highest BCUT2D eigenvalue weighted by Gasteiger charge is 2.40. The lowest BCUT2D eigenvalue weighted by atomic mass is 9.91. The molecule has 2 fully saturated rings. The molecule has 0 radical (unpaired) electrons. The van der Waals surface area contributed by atoms with Crippen LogP contribution in [0.25, 0.3) is 0 Å². The predicted octanol–water partition coefficient (Wildman–Crippen LogP) is 3.34. The van der Waals surface area contributed by atoms with Gasteiger partial charge in [-0.15, -0.1) is 11.3 Å². The quantitative estimate of drug-likeness (QED) is 0.923. The fourth-order valence-electron chi connectivity index (χ4n) is 3.92. The summed E-state index contributed by atoms with van der Waals surface area (Å²) < 4.78 is 0. The van der Waals surface area contributed by atoms with Gasteiger partial charge in [0.05, 0.1) is 10.7 Å². The van der Waals surface area contributed by atoms with Crippen molar-refractivity contribution in [3.8, 4) is 0 Å². The minimum Gasteiger partial charge on any atom is -0.308 e. The van der Waals surface area contributed by atoms with E-state index in [-0.39, 0.29) is 0 Å². The van der Waals surface area contributed by atoms with Crippen molar-refractivity contribution < 1.29 is 0 Å². The van der Waals surface area contributed by atoms with E-state index in [0.29, 0.717) is 11.6 Å². The van der Waals surface area contributed by atoms with Crippen LogP contribution in [0, 0.1) is 6.92 Å². The number of aromatic nitrogens is 1. The van der Waals surface area contributed by atoms with Gasteiger partial charge in [0.15, 0.2) is 0 Å². The molecule has 0 amide bonds. The van der Waals surface area contributed by atoms with Crippen LogP contribution in [0.2, 0.25) is 0 Å². The van der Waals surface area contributed by atoms with E-state index < -0.39 is 0 Å². The first-order valence-electron chi connectivity index (χ1n) is 8.11. The zero-order valence-electron chi connectivity index (χ0n) is 12.8. The van der Waals surface area contributed by atoms with Crippen LogP contribution in [0.1, 0.15) is 56.2 Å². The third-order valence-corrected chi connectivity index (χ3v) is 5.77. The van der Waals surface area contributed by atoms with E-state index in [1.54, 1.807) is 11.3 Å². The Hall–Kier alpha value is -0.450. The largest absolute Gasteiger partial charge is 0.308 e. The fraction of sp³-hybridized carbons (Fsp3) is 0.812. The van der Waals surface area contributed by atoms with E-state index in [9.17, 15) is 0 Å². The maximum Gasteiger partial charge on any atom is 0.0897 e. The van der Waals surface area contributed by atoms with Crippen molar-refractivity contribution in [3.05, 3.63) is 16.1 Å². The Bertz CT molecular complexity index is 437. The number of hydrogen-bond acceptors (Lipinski definition) is 4. The summed E-state index contributed by atoms with van der Waals surface area (Å²) in [5.74, 6) is 0. The number of aryl methyl sites for hydroxylation is 1. The molecule has 1 saturated carbocycles. The summed E-state index contributed by atoms with van der Waals surface area (Å²) in [4.78, 5) is 7.38. The Morgan fingerprint density at radius 3 is 2.90 bits per heavy atom. The van der Waals surface area contributed by atoms with Gasteiger partial charge in [-0.05, 0) is 26.2 Å². The minimum atomic E-state index is 0.412. The first kappa shape index (κ1) is 14.5. The molecule has 20 heavy (non-hydrogen) atoms. The third-order valence-electron chi connectivity index (χ3n) is 4.95. The second-order valence-corrected chi connectivity index (χ2v) is 7.64. The van der Waals surface area contributed by atoms with Gasteiger partial charge in [0.2, 0.25) is 0 Å². The number of rotatable bonds is 4. The zero-order valence-corrected chi connectivity index (χ0v) is 13.6. The van der Waals surface area contributed by atoms with Crippen molar-refractivity contribution in [1.82, 2.24) is 15.2 Å². The molecule has 1 N–H and O–H groups in total. The molecule has 2 heterocycles. The standard InChI is InChI=1S/C16H27N3S/c1-3-6-15-9-17-16(7-4-5-8-16)12-19(15)10-14-11-20-13(2)18-14/h11,15,17H,3-10,12H2,1-2H3. The molecule has 1 aromatic rings. The van der Waals surface area contributed by atoms with Gasteiger partial charge in [-0.25, -0.2) is 4.98 Å². The van der Waals surface area contributed by atoms with Gasteiger partial charge in [-0.2, -0.15) is 0 Å². The third kappa shape index (κ3) is 3.07. The summed E-state index contributed by atoms with van der Waals surface area (Å²) in [6, 6.07) is 0.688. The highest BCUT2D eigenvalue weighted by molar-refractivity contribution is 7.09. The van der Waals surface area contributed by atoms with Gasteiger partial charge < -0.3 is 5.32 Å². The number of piperazine rings is 1. The van der Waals surface area contributed by atoms with E-state index in [0.717, 1.165) is 13.1 Å². The van der Waals surface area contributed by atoms with Crippen LogP contribution >= 0.6 is 11.3 Å². The van der Waals surface area contributed by atoms with Gasteiger partial charge in [0.1, 0.15) is 0 Å². The van der Waals surface area contributed by atoms with Crippen molar-refractivity contribution in [2.75, 3.05) is 13.1 Å². The molecule has 112 valence electrons. The molecule has 1 aliphatic carbocycles. The monoisotopic (exact) mass is 293 g/mol. The number of hydrogen-bond donors (Lipinski definition) is 1. The van der Waals surface area contributed by atoms with Crippen LogP contribution in [0.5, 0.6) is 0 Å². The average molecular weight is 293 g/mol. The van der Waals surface area contributed by atoms with E-state index in [4.69, 9.17) is 0 Å². The van der Waals surface area contributed by atoms with Gasteiger partial charge in [-0.1, -0.05) is 26.2 Å².